The lowest BCUT2D eigenvalue weighted by molar-refractivity contribution is 0.0836. The van der Waals surface area contributed by atoms with Crippen LogP contribution in [0.3, 0.4) is 0 Å². The molecule has 3 nitrogen and oxygen atoms in total. The molecule has 19 heavy (non-hydrogen) atoms. The van der Waals surface area contributed by atoms with E-state index in [0.717, 1.165) is 37.4 Å². The molecule has 1 aliphatic rings. The summed E-state index contributed by atoms with van der Waals surface area (Å²) < 4.78 is 6.18. The molecule has 0 fully saturated rings. The van der Waals surface area contributed by atoms with Crippen LogP contribution in [0.15, 0.2) is 23.6 Å². The third kappa shape index (κ3) is 6.48. The lowest BCUT2D eigenvalue weighted by Gasteiger charge is -2.27. The van der Waals surface area contributed by atoms with Crippen LogP contribution in [0.4, 0.5) is 0 Å². The van der Waals surface area contributed by atoms with Crippen LogP contribution in [0.1, 0.15) is 40.5 Å². The molecule has 1 heterocycles. The molecule has 2 N–H and O–H groups in total. The molecule has 0 aromatic carbocycles. The van der Waals surface area contributed by atoms with E-state index in [4.69, 9.17) is 4.74 Å². The van der Waals surface area contributed by atoms with E-state index in [9.17, 15) is 0 Å². The van der Waals surface area contributed by atoms with E-state index in [1.165, 1.54) is 0 Å². The van der Waals surface area contributed by atoms with Gasteiger partial charge in [0.25, 0.3) is 0 Å². The van der Waals surface area contributed by atoms with Crippen LogP contribution in [-0.2, 0) is 4.74 Å². The van der Waals surface area contributed by atoms with E-state index >= 15 is 0 Å². The first-order valence-corrected chi connectivity index (χ1v) is 8.11. The second-order valence-corrected chi connectivity index (χ2v) is 6.35. The maximum absolute atomic E-state index is 6.18. The van der Waals surface area contributed by atoms with Crippen molar-refractivity contribution in [3.63, 3.8) is 0 Å². The molecule has 0 aliphatic carbocycles. The Hall–Kier alpha value is -0.480. The minimum Gasteiger partial charge on any atom is -0.492 e. The molecule has 0 radical (unpaired) electrons. The molecule has 0 amide bonds. The number of alkyl halides is 1. The fourth-order valence-electron chi connectivity index (χ4n) is 2.09. The Morgan fingerprint density at radius 3 is 2.74 bits per heavy atom. The fourth-order valence-corrected chi connectivity index (χ4v) is 2.71. The molecular weight excluding hydrogens is 304 g/mol. The van der Waals surface area contributed by atoms with E-state index in [1.807, 2.05) is 0 Å². The van der Waals surface area contributed by atoms with E-state index in [0.29, 0.717) is 5.92 Å². The van der Waals surface area contributed by atoms with Crippen LogP contribution in [0.5, 0.6) is 0 Å². The highest BCUT2D eigenvalue weighted by Crippen LogP contribution is 2.22. The Balaban J connectivity index is 2.55. The van der Waals surface area contributed by atoms with Gasteiger partial charge in [-0.3, -0.25) is 0 Å². The van der Waals surface area contributed by atoms with Crippen molar-refractivity contribution in [2.45, 2.75) is 51.6 Å². The van der Waals surface area contributed by atoms with Gasteiger partial charge in [0.05, 0.1) is 6.10 Å². The van der Waals surface area contributed by atoms with E-state index < -0.39 is 0 Å². The molecule has 0 bridgehead atoms. The molecule has 0 saturated carbocycles. The predicted molar refractivity (Wildman–Crippen MR) is 85.2 cm³/mol. The molecule has 0 aromatic rings. The van der Waals surface area contributed by atoms with E-state index in [2.05, 4.69) is 66.4 Å². The van der Waals surface area contributed by atoms with Gasteiger partial charge in [0, 0.05) is 5.70 Å². The summed E-state index contributed by atoms with van der Waals surface area (Å²) >= 11 is 3.61. The van der Waals surface area contributed by atoms with Crippen molar-refractivity contribution < 1.29 is 4.74 Å². The van der Waals surface area contributed by atoms with Gasteiger partial charge in [-0.25, -0.2) is 0 Å². The second kappa shape index (κ2) is 8.64. The lowest BCUT2D eigenvalue weighted by atomic mass is 10.0. The highest BCUT2D eigenvalue weighted by atomic mass is 79.9. The average Bonchev–Trinajstić information content (AvgIpc) is 2.32. The number of nitrogens with one attached hydrogen (secondary N) is 2. The van der Waals surface area contributed by atoms with Crippen molar-refractivity contribution in [2.24, 2.45) is 5.92 Å². The molecule has 110 valence electrons. The Bertz CT molecular complexity index is 326. The van der Waals surface area contributed by atoms with Gasteiger partial charge in [0.2, 0.25) is 0 Å². The van der Waals surface area contributed by atoms with Crippen molar-refractivity contribution in [3.05, 3.63) is 23.6 Å². The van der Waals surface area contributed by atoms with Crippen molar-refractivity contribution >= 4 is 15.9 Å². The number of ether oxygens (including phenoxy) is 1. The number of hydrogen-bond donors (Lipinski definition) is 2. The number of dihydropyridines is 1. The minimum absolute atomic E-state index is 0.0892. The van der Waals surface area contributed by atoms with Crippen molar-refractivity contribution in [1.29, 1.82) is 0 Å². The topological polar surface area (TPSA) is 33.3 Å². The summed E-state index contributed by atoms with van der Waals surface area (Å²) in [6.07, 6.45) is 6.53. The minimum atomic E-state index is 0.0892. The summed E-state index contributed by atoms with van der Waals surface area (Å²) in [6.45, 7) is 10.7. The Morgan fingerprint density at radius 2 is 2.16 bits per heavy atom. The smallest absolute Gasteiger partial charge is 0.140 e. The maximum atomic E-state index is 6.18. The number of rotatable bonds is 8. The molecule has 0 aromatic heterocycles. The Kier molecular flexibility index (Phi) is 7.54. The molecule has 0 spiro atoms. The zero-order chi connectivity index (χ0) is 14.3. The van der Waals surface area contributed by atoms with Gasteiger partial charge in [-0.05, 0) is 50.9 Å². The number of halogens is 1. The molecule has 1 aliphatic heterocycles. The first-order chi connectivity index (χ1) is 9.02. The average molecular weight is 331 g/mol. The lowest BCUT2D eigenvalue weighted by Crippen LogP contribution is -2.31. The monoisotopic (exact) mass is 330 g/mol. The molecule has 1 rings (SSSR count). The SMILES string of the molecule is CCNCCC(CC(C)C)OC1=CC=C(C)NC1Br. The summed E-state index contributed by atoms with van der Waals surface area (Å²) in [5, 5.41) is 6.69. The molecule has 2 atom stereocenters. The number of hydrogen-bond acceptors (Lipinski definition) is 3. The maximum Gasteiger partial charge on any atom is 0.140 e. The van der Waals surface area contributed by atoms with Crippen LogP contribution in [0.2, 0.25) is 0 Å². The van der Waals surface area contributed by atoms with Gasteiger partial charge in [-0.15, -0.1) is 0 Å². The number of allylic oxidation sites excluding steroid dienone is 3. The summed E-state index contributed by atoms with van der Waals surface area (Å²) in [5.41, 5.74) is 1.15. The first-order valence-electron chi connectivity index (χ1n) is 7.19. The fraction of sp³-hybridized carbons (Fsp3) is 0.733. The van der Waals surface area contributed by atoms with Crippen molar-refractivity contribution in [2.75, 3.05) is 13.1 Å². The standard InChI is InChI=1S/C15H27BrN2O/c1-5-17-9-8-13(10-11(2)3)19-14-7-6-12(4)18-15(14)16/h6-7,11,13,15,17-18H,5,8-10H2,1-4H3. The third-order valence-electron chi connectivity index (χ3n) is 3.03. The van der Waals surface area contributed by atoms with Gasteiger partial charge >= 0.3 is 0 Å². The van der Waals surface area contributed by atoms with E-state index in [-0.39, 0.29) is 11.1 Å². The summed E-state index contributed by atoms with van der Waals surface area (Å²) in [5.74, 6) is 1.63. The molecule has 2 unspecified atom stereocenters. The third-order valence-corrected chi connectivity index (χ3v) is 3.71. The molecule has 0 saturated heterocycles. The molecule has 4 heteroatoms. The highest BCUT2D eigenvalue weighted by molar-refractivity contribution is 9.09. The van der Waals surface area contributed by atoms with Gasteiger partial charge in [0.1, 0.15) is 10.7 Å². The van der Waals surface area contributed by atoms with Crippen LogP contribution >= 0.6 is 15.9 Å². The Morgan fingerprint density at radius 1 is 1.42 bits per heavy atom. The second-order valence-electron chi connectivity index (χ2n) is 5.44. The first kappa shape index (κ1) is 16.6. The van der Waals surface area contributed by atoms with E-state index in [1.54, 1.807) is 0 Å². The summed E-state index contributed by atoms with van der Waals surface area (Å²) in [4.78, 5) is 0.0892. The zero-order valence-electron chi connectivity index (χ0n) is 12.5. The summed E-state index contributed by atoms with van der Waals surface area (Å²) in [6, 6.07) is 0. The zero-order valence-corrected chi connectivity index (χ0v) is 14.1. The van der Waals surface area contributed by atoms with Crippen LogP contribution in [0.25, 0.3) is 0 Å². The summed E-state index contributed by atoms with van der Waals surface area (Å²) in [7, 11) is 0. The van der Waals surface area contributed by atoms with Crippen LogP contribution in [0, 0.1) is 5.92 Å². The van der Waals surface area contributed by atoms with Crippen molar-refractivity contribution in [1.82, 2.24) is 10.6 Å². The van der Waals surface area contributed by atoms with Gasteiger partial charge in [-0.2, -0.15) is 0 Å². The van der Waals surface area contributed by atoms with Gasteiger partial charge < -0.3 is 15.4 Å². The van der Waals surface area contributed by atoms with Crippen molar-refractivity contribution in [3.8, 4) is 0 Å². The van der Waals surface area contributed by atoms with Crippen LogP contribution < -0.4 is 10.6 Å². The highest BCUT2D eigenvalue weighted by Gasteiger charge is 2.20. The quantitative estimate of drug-likeness (QED) is 0.406. The predicted octanol–water partition coefficient (Wildman–Crippen LogP) is 3.53. The largest absolute Gasteiger partial charge is 0.492 e. The Labute approximate surface area is 126 Å². The van der Waals surface area contributed by atoms with Gasteiger partial charge in [0.15, 0.2) is 0 Å². The van der Waals surface area contributed by atoms with Gasteiger partial charge in [-0.1, -0.05) is 36.7 Å². The molecular formula is C15H27BrN2O. The normalized spacial score (nSPS) is 20.6. The van der Waals surface area contributed by atoms with Crippen LogP contribution in [-0.4, -0.2) is 24.1 Å².